The summed E-state index contributed by atoms with van der Waals surface area (Å²) in [4.78, 5) is 107. The molecule has 7 amide bonds. The van der Waals surface area contributed by atoms with E-state index in [2.05, 4.69) is 62.2 Å². The topological polar surface area (TPSA) is 371 Å². The van der Waals surface area contributed by atoms with Crippen molar-refractivity contribution >= 4 is 78.5 Å². The van der Waals surface area contributed by atoms with Gasteiger partial charge >= 0.3 is 5.97 Å². The standard InChI is InChI=1S/C32H60N12O9S2/c1-31(2,3)22(28(51)52)43-26(49)20(15-55)41-25(48)19(13-21(35)45)42-29(53)32(4,5)44-27(50)18(10-8-12-38-30(36)37)40-24(47)17(9-6-7-11-33)39-23(46)16(34)14-54/h16-20,22,54-55H,6-15,33-34H2,1-5H3,(H2,35,45)(H,39,46)(H,40,47)(H,41,48)(H,42,53)(H,43,49)(H,44,50)(H,51,52)(H4,36,37,38)/t16-,17-,18-,19-,20-,22+/m0/s1. The van der Waals surface area contributed by atoms with Gasteiger partial charge in [-0.25, -0.2) is 4.79 Å². The third-order valence-electron chi connectivity index (χ3n) is 7.94. The van der Waals surface area contributed by atoms with Crippen molar-refractivity contribution in [1.29, 1.82) is 0 Å². The lowest BCUT2D eigenvalue weighted by molar-refractivity contribution is -0.145. The molecule has 0 bridgehead atoms. The van der Waals surface area contributed by atoms with Gasteiger partial charge in [0.05, 0.1) is 12.5 Å². The molecule has 0 aliphatic heterocycles. The SMILES string of the molecule is CC(C)(NC(=O)[C@H](CCCN=C(N)N)NC(=O)[C@H](CCCCN)NC(=O)[C@@H](N)CS)C(=O)N[C@@H](CC(N)=O)C(=O)N[C@@H](CS)C(=O)N[C@H](C(=O)O)C(C)(C)C. The number of carbonyl (C=O) groups is 8. The van der Waals surface area contributed by atoms with Gasteiger partial charge in [-0.1, -0.05) is 20.8 Å². The van der Waals surface area contributed by atoms with Gasteiger partial charge in [-0.3, -0.25) is 38.6 Å². The average molecular weight is 821 g/mol. The monoisotopic (exact) mass is 820 g/mol. The molecule has 0 unspecified atom stereocenters. The van der Waals surface area contributed by atoms with Crippen LogP contribution in [0.5, 0.6) is 0 Å². The third-order valence-corrected chi connectivity index (χ3v) is 8.70. The van der Waals surface area contributed by atoms with E-state index in [-0.39, 0.29) is 43.3 Å². The van der Waals surface area contributed by atoms with Crippen LogP contribution in [0.25, 0.3) is 0 Å². The first-order chi connectivity index (χ1) is 25.4. The summed E-state index contributed by atoms with van der Waals surface area (Å²) in [6.07, 6.45) is 0.618. The molecule has 6 atom stereocenters. The van der Waals surface area contributed by atoms with Gasteiger partial charge in [0, 0.05) is 18.1 Å². The lowest BCUT2D eigenvalue weighted by Gasteiger charge is -2.31. The normalized spacial score (nSPS) is 14.7. The van der Waals surface area contributed by atoms with Crippen LogP contribution in [0.15, 0.2) is 4.99 Å². The van der Waals surface area contributed by atoms with E-state index in [1.807, 2.05) is 0 Å². The Morgan fingerprint density at radius 1 is 0.673 bits per heavy atom. The van der Waals surface area contributed by atoms with Gasteiger partial charge in [0.2, 0.25) is 41.4 Å². The fourth-order valence-electron chi connectivity index (χ4n) is 4.73. The van der Waals surface area contributed by atoms with Crippen molar-refractivity contribution in [3.8, 4) is 0 Å². The molecular weight excluding hydrogens is 761 g/mol. The van der Waals surface area contributed by atoms with Crippen molar-refractivity contribution in [2.24, 2.45) is 39.1 Å². The van der Waals surface area contributed by atoms with E-state index in [1.165, 1.54) is 13.8 Å². The summed E-state index contributed by atoms with van der Waals surface area (Å²) in [6, 6.07) is -7.77. The number of aliphatic carboxylic acids is 1. The molecule has 23 heteroatoms. The van der Waals surface area contributed by atoms with Gasteiger partial charge in [-0.2, -0.15) is 25.3 Å². The van der Waals surface area contributed by atoms with E-state index in [0.29, 0.717) is 19.4 Å². The first-order valence-electron chi connectivity index (χ1n) is 17.5. The molecule has 0 aliphatic carbocycles. The molecule has 0 rings (SSSR count). The van der Waals surface area contributed by atoms with E-state index in [1.54, 1.807) is 20.8 Å². The summed E-state index contributed by atoms with van der Waals surface area (Å²) in [6.45, 7) is 7.76. The number of rotatable bonds is 25. The molecule has 21 nitrogen and oxygen atoms in total. The Hall–Kier alpha value is -4.35. The first kappa shape index (κ1) is 50.6. The maximum Gasteiger partial charge on any atom is 0.326 e. The van der Waals surface area contributed by atoms with Crippen LogP contribution < -0.4 is 60.6 Å². The minimum atomic E-state index is -1.80. The van der Waals surface area contributed by atoms with Crippen LogP contribution in [0.1, 0.15) is 73.1 Å². The lowest BCUT2D eigenvalue weighted by Crippen LogP contribution is -2.63. The molecule has 0 aromatic heterocycles. The maximum absolute atomic E-state index is 13.7. The molecule has 0 saturated heterocycles. The number of guanidine groups is 1. The molecule has 314 valence electrons. The van der Waals surface area contributed by atoms with Crippen molar-refractivity contribution in [2.45, 2.75) is 115 Å². The summed E-state index contributed by atoms with van der Waals surface area (Å²) in [5, 5.41) is 24.3. The number of nitrogens with one attached hydrogen (secondary N) is 6. The Morgan fingerprint density at radius 3 is 1.67 bits per heavy atom. The van der Waals surface area contributed by atoms with E-state index < -0.39 is 101 Å². The van der Waals surface area contributed by atoms with Gasteiger partial charge in [0.15, 0.2) is 5.96 Å². The van der Waals surface area contributed by atoms with Crippen molar-refractivity contribution in [1.82, 2.24) is 31.9 Å². The zero-order valence-electron chi connectivity index (χ0n) is 32.0. The molecule has 0 aliphatic rings. The largest absolute Gasteiger partial charge is 0.480 e. The van der Waals surface area contributed by atoms with Crippen molar-refractivity contribution in [3.05, 3.63) is 0 Å². The molecule has 0 fully saturated rings. The predicted molar refractivity (Wildman–Crippen MR) is 211 cm³/mol. The minimum Gasteiger partial charge on any atom is -0.480 e. The van der Waals surface area contributed by atoms with E-state index in [0.717, 1.165) is 0 Å². The zero-order valence-corrected chi connectivity index (χ0v) is 33.8. The second kappa shape index (κ2) is 24.2. The highest BCUT2D eigenvalue weighted by Crippen LogP contribution is 2.19. The van der Waals surface area contributed by atoms with Crippen LogP contribution in [0, 0.1) is 5.41 Å². The Labute approximate surface area is 331 Å². The van der Waals surface area contributed by atoms with Crippen LogP contribution >= 0.6 is 25.3 Å². The second-order valence-corrected chi connectivity index (χ2v) is 15.1. The fraction of sp³-hybridized carbons (Fsp3) is 0.719. The number of primary amides is 1. The molecule has 55 heavy (non-hydrogen) atoms. The first-order valence-corrected chi connectivity index (χ1v) is 18.8. The molecule has 0 radical (unpaired) electrons. The minimum absolute atomic E-state index is 0.00760. The maximum atomic E-state index is 13.7. The van der Waals surface area contributed by atoms with Crippen LogP contribution in [-0.2, 0) is 38.4 Å². The Morgan fingerprint density at radius 2 is 1.18 bits per heavy atom. The number of aliphatic imine (C=N–C) groups is 1. The van der Waals surface area contributed by atoms with Crippen LogP contribution in [0.3, 0.4) is 0 Å². The number of carboxylic acid groups (broad SMARTS) is 1. The van der Waals surface area contributed by atoms with Gasteiger partial charge < -0.3 is 65.7 Å². The highest BCUT2D eigenvalue weighted by atomic mass is 32.1. The smallest absolute Gasteiger partial charge is 0.326 e. The molecule has 0 spiro atoms. The Kier molecular flexibility index (Phi) is 22.3. The fourth-order valence-corrected chi connectivity index (χ4v) is 5.15. The Bertz CT molecular complexity index is 1390. The number of amides is 7. The van der Waals surface area contributed by atoms with Crippen LogP contribution in [0.2, 0.25) is 0 Å². The number of nitrogens with zero attached hydrogens (tertiary/aromatic N) is 1. The van der Waals surface area contributed by atoms with Crippen molar-refractivity contribution in [3.63, 3.8) is 0 Å². The van der Waals surface area contributed by atoms with Gasteiger partial charge in [0.1, 0.15) is 35.7 Å². The predicted octanol–water partition coefficient (Wildman–Crippen LogP) is -4.32. The number of carbonyl (C=O) groups excluding carboxylic acids is 7. The number of thiol groups is 2. The van der Waals surface area contributed by atoms with E-state index in [4.69, 9.17) is 28.7 Å². The Balaban J connectivity index is 6.19. The molecule has 0 saturated carbocycles. The third kappa shape index (κ3) is 19.2. The lowest BCUT2D eigenvalue weighted by atomic mass is 9.86. The highest BCUT2D eigenvalue weighted by Gasteiger charge is 2.38. The summed E-state index contributed by atoms with van der Waals surface area (Å²) in [5.74, 6) is -7.88. The summed E-state index contributed by atoms with van der Waals surface area (Å²) in [5.41, 5.74) is 24.8. The van der Waals surface area contributed by atoms with Gasteiger partial charge in [-0.15, -0.1) is 0 Å². The van der Waals surface area contributed by atoms with Crippen LogP contribution in [-0.4, -0.2) is 125 Å². The molecule has 0 heterocycles. The summed E-state index contributed by atoms with van der Waals surface area (Å²) in [7, 11) is 0. The van der Waals surface area contributed by atoms with Gasteiger partial charge in [-0.05, 0) is 57.9 Å². The molecule has 0 aromatic rings. The second-order valence-electron chi connectivity index (χ2n) is 14.3. The van der Waals surface area contributed by atoms with Gasteiger partial charge in [0.25, 0.3) is 0 Å². The van der Waals surface area contributed by atoms with Crippen molar-refractivity contribution < 1.29 is 43.5 Å². The zero-order chi connectivity index (χ0) is 42.7. The molecule has 17 N–H and O–H groups in total. The quantitative estimate of drug-likeness (QED) is 0.0180. The number of nitrogens with two attached hydrogens (primary N) is 5. The number of carboxylic acids is 1. The summed E-state index contributed by atoms with van der Waals surface area (Å²) >= 11 is 8.10. The average Bonchev–Trinajstić information content (AvgIpc) is 3.07. The molecule has 0 aromatic carbocycles. The van der Waals surface area contributed by atoms with E-state index >= 15 is 0 Å². The highest BCUT2D eigenvalue weighted by molar-refractivity contribution is 7.80. The number of hydrogen-bond acceptors (Lipinski definition) is 13. The van der Waals surface area contributed by atoms with Crippen molar-refractivity contribution in [2.75, 3.05) is 24.6 Å². The molecular formula is C32H60N12O9S2. The number of unbranched alkanes of at least 4 members (excludes halogenated alkanes) is 1. The number of hydrogen-bond donors (Lipinski definition) is 14. The summed E-state index contributed by atoms with van der Waals surface area (Å²) < 4.78 is 0. The van der Waals surface area contributed by atoms with E-state index in [9.17, 15) is 43.5 Å². The van der Waals surface area contributed by atoms with Crippen LogP contribution in [0.4, 0.5) is 0 Å².